The molecule has 1 aliphatic heterocycles. The van der Waals surface area contributed by atoms with Crippen LogP contribution in [0, 0.1) is 5.92 Å². The molecule has 0 amide bonds. The van der Waals surface area contributed by atoms with E-state index in [0.717, 1.165) is 29.2 Å². The van der Waals surface area contributed by atoms with E-state index in [1.165, 1.54) is 18.4 Å². The minimum Gasteiger partial charge on any atom is -0.384 e. The second-order valence-corrected chi connectivity index (χ2v) is 6.62. The number of benzene rings is 1. The van der Waals surface area contributed by atoms with Crippen LogP contribution in [-0.4, -0.2) is 38.3 Å². The van der Waals surface area contributed by atoms with Gasteiger partial charge in [-0.15, -0.1) is 0 Å². The zero-order valence-electron chi connectivity index (χ0n) is 11.8. The maximum Gasteiger partial charge on any atom is 0.0548 e. The molecular weight excluding hydrogens is 340 g/mol. The second-order valence-electron chi connectivity index (χ2n) is 5.36. The van der Waals surface area contributed by atoms with Crippen LogP contribution in [0.25, 0.3) is 0 Å². The first kappa shape index (κ1) is 16.2. The average Bonchev–Trinajstić information content (AvgIpc) is 2.46. The third-order valence-corrected chi connectivity index (χ3v) is 5.26. The molecule has 3 nitrogen and oxygen atoms in total. The summed E-state index contributed by atoms with van der Waals surface area (Å²) < 4.78 is 6.19. The molecule has 1 aromatic rings. The van der Waals surface area contributed by atoms with E-state index in [9.17, 15) is 0 Å². The fraction of sp³-hybridized carbons (Fsp3) is 0.600. The molecule has 0 bridgehead atoms. The minimum atomic E-state index is 0.270. The van der Waals surface area contributed by atoms with Gasteiger partial charge in [-0.3, -0.25) is 4.90 Å². The fourth-order valence-electron chi connectivity index (χ4n) is 2.88. The Hall–Kier alpha value is -0.130. The van der Waals surface area contributed by atoms with Gasteiger partial charge < -0.3 is 10.5 Å². The maximum absolute atomic E-state index is 6.06. The molecule has 2 N–H and O–H groups in total. The normalized spacial score (nSPS) is 19.2. The first-order valence-corrected chi connectivity index (χ1v) is 8.20. The summed E-state index contributed by atoms with van der Waals surface area (Å²) in [7, 11) is 1.78. The van der Waals surface area contributed by atoms with Crippen LogP contribution in [0.15, 0.2) is 22.7 Å². The van der Waals surface area contributed by atoms with Crippen LogP contribution < -0.4 is 5.73 Å². The molecule has 1 saturated heterocycles. The lowest BCUT2D eigenvalue weighted by Crippen LogP contribution is -2.40. The number of nitrogens with two attached hydrogens (primary N) is 1. The number of methoxy groups -OCH3 is 1. The van der Waals surface area contributed by atoms with Crippen LogP contribution in [0.3, 0.4) is 0 Å². The number of rotatable bonds is 5. The van der Waals surface area contributed by atoms with Gasteiger partial charge in [-0.2, -0.15) is 0 Å². The van der Waals surface area contributed by atoms with Crippen molar-refractivity contribution in [2.45, 2.75) is 18.9 Å². The summed E-state index contributed by atoms with van der Waals surface area (Å²) in [4.78, 5) is 2.47. The molecule has 20 heavy (non-hydrogen) atoms. The van der Waals surface area contributed by atoms with Gasteiger partial charge in [-0.25, -0.2) is 0 Å². The Labute approximate surface area is 134 Å². The van der Waals surface area contributed by atoms with Crippen LogP contribution in [-0.2, 0) is 4.74 Å². The molecule has 0 aliphatic carbocycles. The lowest BCUT2D eigenvalue weighted by molar-refractivity contribution is 0.0810. The molecule has 1 fully saturated rings. The highest BCUT2D eigenvalue weighted by molar-refractivity contribution is 9.10. The molecule has 0 spiro atoms. The Morgan fingerprint density at radius 2 is 2.15 bits per heavy atom. The van der Waals surface area contributed by atoms with Gasteiger partial charge in [-0.05, 0) is 65.5 Å². The van der Waals surface area contributed by atoms with Gasteiger partial charge in [0.05, 0.1) is 5.02 Å². The lowest BCUT2D eigenvalue weighted by atomic mass is 9.95. The van der Waals surface area contributed by atoms with Crippen molar-refractivity contribution in [2.75, 3.05) is 33.4 Å². The van der Waals surface area contributed by atoms with Crippen LogP contribution >= 0.6 is 27.5 Å². The number of piperidine rings is 1. The zero-order valence-corrected chi connectivity index (χ0v) is 14.2. The van der Waals surface area contributed by atoms with Gasteiger partial charge in [0.15, 0.2) is 0 Å². The van der Waals surface area contributed by atoms with Crippen molar-refractivity contribution >= 4 is 27.5 Å². The summed E-state index contributed by atoms with van der Waals surface area (Å²) in [6.45, 7) is 3.66. The Balaban J connectivity index is 2.03. The van der Waals surface area contributed by atoms with Crippen molar-refractivity contribution in [1.29, 1.82) is 0 Å². The summed E-state index contributed by atoms with van der Waals surface area (Å²) >= 11 is 9.55. The standard InChI is InChI=1S/C15H22BrClN2O/c1-20-10-11-4-6-19(7-5-11)15(9-18)12-2-3-14(17)13(16)8-12/h2-3,8,11,15H,4-7,9-10,18H2,1H3. The molecule has 1 atom stereocenters. The molecule has 0 radical (unpaired) electrons. The summed E-state index contributed by atoms with van der Waals surface area (Å²) in [5.74, 6) is 0.687. The number of ether oxygens (including phenoxy) is 1. The molecule has 1 aromatic carbocycles. The van der Waals surface area contributed by atoms with Crippen molar-refractivity contribution in [1.82, 2.24) is 4.90 Å². The van der Waals surface area contributed by atoms with Gasteiger partial charge in [-0.1, -0.05) is 17.7 Å². The minimum absolute atomic E-state index is 0.270. The lowest BCUT2D eigenvalue weighted by Gasteiger charge is -2.37. The van der Waals surface area contributed by atoms with Crippen molar-refractivity contribution < 1.29 is 4.74 Å². The van der Waals surface area contributed by atoms with Crippen LogP contribution in [0.2, 0.25) is 5.02 Å². The van der Waals surface area contributed by atoms with E-state index in [4.69, 9.17) is 22.1 Å². The summed E-state index contributed by atoms with van der Waals surface area (Å²) in [5.41, 5.74) is 7.23. The quantitative estimate of drug-likeness (QED) is 0.873. The average molecular weight is 362 g/mol. The smallest absolute Gasteiger partial charge is 0.0548 e. The van der Waals surface area contributed by atoms with E-state index in [-0.39, 0.29) is 6.04 Å². The summed E-state index contributed by atoms with van der Waals surface area (Å²) in [6.07, 6.45) is 2.36. The highest BCUT2D eigenvalue weighted by Gasteiger charge is 2.25. The highest BCUT2D eigenvalue weighted by atomic mass is 79.9. The number of likely N-dealkylation sites (tertiary alicyclic amines) is 1. The van der Waals surface area contributed by atoms with Crippen molar-refractivity contribution in [3.8, 4) is 0 Å². The monoisotopic (exact) mass is 360 g/mol. The third-order valence-electron chi connectivity index (χ3n) is 4.04. The van der Waals surface area contributed by atoms with E-state index in [2.05, 4.69) is 33.0 Å². The van der Waals surface area contributed by atoms with Crippen LogP contribution in [0.5, 0.6) is 0 Å². The summed E-state index contributed by atoms with van der Waals surface area (Å²) in [5, 5.41) is 0.739. The van der Waals surface area contributed by atoms with E-state index < -0.39 is 0 Å². The van der Waals surface area contributed by atoms with Crippen molar-refractivity contribution in [3.05, 3.63) is 33.3 Å². The number of halogens is 2. The van der Waals surface area contributed by atoms with E-state index in [1.807, 2.05) is 6.07 Å². The van der Waals surface area contributed by atoms with Crippen molar-refractivity contribution in [3.63, 3.8) is 0 Å². The molecule has 2 rings (SSSR count). The molecule has 112 valence electrons. The largest absolute Gasteiger partial charge is 0.384 e. The van der Waals surface area contributed by atoms with Gasteiger partial charge in [0, 0.05) is 30.8 Å². The molecule has 1 heterocycles. The van der Waals surface area contributed by atoms with Gasteiger partial charge in [0.2, 0.25) is 0 Å². The van der Waals surface area contributed by atoms with Crippen LogP contribution in [0.1, 0.15) is 24.4 Å². The molecule has 0 aromatic heterocycles. The van der Waals surface area contributed by atoms with E-state index in [1.54, 1.807) is 7.11 Å². The van der Waals surface area contributed by atoms with Gasteiger partial charge in [0.1, 0.15) is 0 Å². The summed E-state index contributed by atoms with van der Waals surface area (Å²) in [6, 6.07) is 6.36. The van der Waals surface area contributed by atoms with Gasteiger partial charge >= 0.3 is 0 Å². The highest BCUT2D eigenvalue weighted by Crippen LogP contribution is 2.30. The van der Waals surface area contributed by atoms with Crippen molar-refractivity contribution in [2.24, 2.45) is 11.7 Å². The molecule has 1 aliphatic rings. The first-order valence-electron chi connectivity index (χ1n) is 7.03. The Bertz CT molecular complexity index is 436. The topological polar surface area (TPSA) is 38.5 Å². The maximum atomic E-state index is 6.06. The fourth-order valence-corrected chi connectivity index (χ4v) is 3.40. The predicted octanol–water partition coefficient (Wildman–Crippen LogP) is 3.46. The number of hydrogen-bond acceptors (Lipinski definition) is 3. The first-order chi connectivity index (χ1) is 9.65. The molecule has 5 heteroatoms. The predicted molar refractivity (Wildman–Crippen MR) is 87.1 cm³/mol. The molecular formula is C15H22BrClN2O. The zero-order chi connectivity index (χ0) is 14.5. The van der Waals surface area contributed by atoms with E-state index in [0.29, 0.717) is 12.5 Å². The number of nitrogens with zero attached hydrogens (tertiary/aromatic N) is 1. The van der Waals surface area contributed by atoms with E-state index >= 15 is 0 Å². The Morgan fingerprint density at radius 3 is 2.70 bits per heavy atom. The second kappa shape index (κ2) is 7.76. The molecule has 0 saturated carbocycles. The molecule has 1 unspecified atom stereocenters. The van der Waals surface area contributed by atoms with Gasteiger partial charge in [0.25, 0.3) is 0 Å². The Kier molecular flexibility index (Phi) is 6.30. The Morgan fingerprint density at radius 1 is 1.45 bits per heavy atom. The van der Waals surface area contributed by atoms with Crippen LogP contribution in [0.4, 0.5) is 0 Å². The third kappa shape index (κ3) is 3.95. The number of hydrogen-bond donors (Lipinski definition) is 1. The SMILES string of the molecule is COCC1CCN(C(CN)c2ccc(Cl)c(Br)c2)CC1.